The van der Waals surface area contributed by atoms with E-state index in [0.717, 1.165) is 45.2 Å². The van der Waals surface area contributed by atoms with Crippen LogP contribution in [-0.2, 0) is 6.42 Å². The third-order valence-corrected chi connectivity index (χ3v) is 4.76. The van der Waals surface area contributed by atoms with Crippen LogP contribution in [-0.4, -0.2) is 42.3 Å². The number of aliphatic hydroxyl groups is 1. The fourth-order valence-electron chi connectivity index (χ4n) is 3.26. The fourth-order valence-corrected chi connectivity index (χ4v) is 3.26. The highest BCUT2D eigenvalue weighted by Gasteiger charge is 2.39. The summed E-state index contributed by atoms with van der Waals surface area (Å²) in [7, 11) is 2.17. The van der Waals surface area contributed by atoms with Gasteiger partial charge in [-0.15, -0.1) is 0 Å². The van der Waals surface area contributed by atoms with Gasteiger partial charge < -0.3 is 15.7 Å². The van der Waals surface area contributed by atoms with E-state index in [1.165, 1.54) is 5.56 Å². The van der Waals surface area contributed by atoms with E-state index in [4.69, 9.17) is 5.73 Å². The normalized spacial score (nSPS) is 26.3. The minimum atomic E-state index is -0.597. The number of nitrogens with zero attached hydrogens (tertiary/aromatic N) is 1. The molecule has 2 unspecified atom stereocenters. The molecule has 1 aliphatic carbocycles. The number of rotatable bonds is 7. The van der Waals surface area contributed by atoms with Gasteiger partial charge in [0.05, 0.1) is 5.60 Å². The maximum atomic E-state index is 10.4. The zero-order chi connectivity index (χ0) is 14.4. The Bertz CT molecular complexity index is 395. The van der Waals surface area contributed by atoms with Gasteiger partial charge in [-0.1, -0.05) is 36.8 Å². The molecule has 1 saturated carbocycles. The lowest BCUT2D eigenvalue weighted by atomic mass is 9.88. The first-order valence-corrected chi connectivity index (χ1v) is 7.79. The summed E-state index contributed by atoms with van der Waals surface area (Å²) in [6.45, 7) is 2.52. The van der Waals surface area contributed by atoms with Crippen LogP contribution < -0.4 is 5.73 Å². The number of hydrogen-bond acceptors (Lipinski definition) is 3. The summed E-state index contributed by atoms with van der Waals surface area (Å²) in [6.07, 6.45) is 5.26. The Kier molecular flexibility index (Phi) is 5.58. The lowest BCUT2D eigenvalue weighted by Gasteiger charge is -2.30. The molecule has 0 aliphatic heterocycles. The van der Waals surface area contributed by atoms with Crippen molar-refractivity contribution >= 4 is 0 Å². The average molecular weight is 276 g/mol. The molecule has 3 nitrogen and oxygen atoms in total. The molecule has 1 aromatic carbocycles. The van der Waals surface area contributed by atoms with E-state index < -0.39 is 5.60 Å². The Balaban J connectivity index is 1.71. The Morgan fingerprint density at radius 1 is 1.30 bits per heavy atom. The van der Waals surface area contributed by atoms with Gasteiger partial charge in [0, 0.05) is 13.1 Å². The smallest absolute Gasteiger partial charge is 0.0797 e. The van der Waals surface area contributed by atoms with Crippen molar-refractivity contribution in [3.63, 3.8) is 0 Å². The van der Waals surface area contributed by atoms with Gasteiger partial charge in [-0.2, -0.15) is 0 Å². The van der Waals surface area contributed by atoms with Crippen LogP contribution in [0.3, 0.4) is 0 Å². The van der Waals surface area contributed by atoms with Gasteiger partial charge >= 0.3 is 0 Å². The van der Waals surface area contributed by atoms with E-state index in [1.54, 1.807) is 0 Å². The molecule has 2 atom stereocenters. The summed E-state index contributed by atoms with van der Waals surface area (Å²) < 4.78 is 0. The zero-order valence-electron chi connectivity index (χ0n) is 12.6. The Morgan fingerprint density at radius 2 is 2.05 bits per heavy atom. The van der Waals surface area contributed by atoms with Crippen molar-refractivity contribution in [3.05, 3.63) is 35.9 Å². The molecule has 1 fully saturated rings. The Hall–Kier alpha value is -0.900. The van der Waals surface area contributed by atoms with E-state index in [-0.39, 0.29) is 0 Å². The second kappa shape index (κ2) is 7.21. The molecule has 0 saturated heterocycles. The second-order valence-electron chi connectivity index (χ2n) is 6.22. The standard InChI is InChI=1S/C17H28N2O/c1-19(12-9-15-6-3-2-4-7-15)13-10-16-8-5-11-17(16,20)14-18/h2-4,6-7,16,20H,5,8-14,18H2,1H3. The molecular formula is C17H28N2O. The van der Waals surface area contributed by atoms with Crippen LogP contribution in [0.25, 0.3) is 0 Å². The van der Waals surface area contributed by atoms with Crippen LogP contribution in [0.15, 0.2) is 30.3 Å². The van der Waals surface area contributed by atoms with Crippen molar-refractivity contribution in [2.75, 3.05) is 26.7 Å². The zero-order valence-corrected chi connectivity index (χ0v) is 12.6. The first-order valence-electron chi connectivity index (χ1n) is 7.79. The summed E-state index contributed by atoms with van der Waals surface area (Å²) in [5.41, 5.74) is 6.53. The third kappa shape index (κ3) is 4.05. The van der Waals surface area contributed by atoms with E-state index in [9.17, 15) is 5.11 Å². The molecule has 0 radical (unpaired) electrons. The van der Waals surface area contributed by atoms with Gasteiger partial charge in [0.25, 0.3) is 0 Å². The first-order chi connectivity index (χ1) is 9.64. The monoisotopic (exact) mass is 276 g/mol. The van der Waals surface area contributed by atoms with Crippen LogP contribution in [0, 0.1) is 5.92 Å². The quantitative estimate of drug-likeness (QED) is 0.801. The largest absolute Gasteiger partial charge is 0.388 e. The summed E-state index contributed by atoms with van der Waals surface area (Å²) in [5, 5.41) is 10.4. The van der Waals surface area contributed by atoms with Crippen LogP contribution >= 0.6 is 0 Å². The highest BCUT2D eigenvalue weighted by molar-refractivity contribution is 5.14. The SMILES string of the molecule is CN(CCc1ccccc1)CCC1CCCC1(O)CN. The van der Waals surface area contributed by atoms with Crippen molar-refractivity contribution in [1.82, 2.24) is 4.90 Å². The molecule has 20 heavy (non-hydrogen) atoms. The minimum Gasteiger partial charge on any atom is -0.388 e. The lowest BCUT2D eigenvalue weighted by molar-refractivity contribution is 0.00538. The molecule has 0 heterocycles. The predicted octanol–water partition coefficient (Wildman–Crippen LogP) is 2.04. The van der Waals surface area contributed by atoms with Crippen molar-refractivity contribution in [2.45, 2.75) is 37.7 Å². The Labute approximate surface area is 122 Å². The third-order valence-electron chi connectivity index (χ3n) is 4.76. The van der Waals surface area contributed by atoms with Crippen molar-refractivity contribution in [2.24, 2.45) is 11.7 Å². The molecule has 0 spiro atoms. The van der Waals surface area contributed by atoms with Gasteiger partial charge in [-0.05, 0) is 50.8 Å². The molecule has 3 N–H and O–H groups in total. The molecule has 1 aromatic rings. The van der Waals surface area contributed by atoms with E-state index in [0.29, 0.717) is 12.5 Å². The van der Waals surface area contributed by atoms with Gasteiger partial charge in [0.1, 0.15) is 0 Å². The van der Waals surface area contributed by atoms with Crippen LogP contribution in [0.2, 0.25) is 0 Å². The summed E-state index contributed by atoms with van der Waals surface area (Å²) in [6, 6.07) is 10.6. The molecule has 0 amide bonds. The van der Waals surface area contributed by atoms with Gasteiger partial charge in [-0.3, -0.25) is 0 Å². The number of likely N-dealkylation sites (N-methyl/N-ethyl adjacent to an activating group) is 1. The topological polar surface area (TPSA) is 49.5 Å². The summed E-state index contributed by atoms with van der Waals surface area (Å²) in [4.78, 5) is 2.36. The number of nitrogens with two attached hydrogens (primary N) is 1. The molecule has 2 rings (SSSR count). The highest BCUT2D eigenvalue weighted by Crippen LogP contribution is 2.37. The molecular weight excluding hydrogens is 248 g/mol. The van der Waals surface area contributed by atoms with E-state index >= 15 is 0 Å². The first kappa shape index (κ1) is 15.5. The maximum Gasteiger partial charge on any atom is 0.0797 e. The molecule has 112 valence electrons. The minimum absolute atomic E-state index is 0.381. The maximum absolute atomic E-state index is 10.4. The lowest BCUT2D eigenvalue weighted by Crippen LogP contribution is -2.42. The van der Waals surface area contributed by atoms with Crippen molar-refractivity contribution in [1.29, 1.82) is 0 Å². The van der Waals surface area contributed by atoms with Crippen LogP contribution in [0.4, 0.5) is 0 Å². The Morgan fingerprint density at radius 3 is 2.75 bits per heavy atom. The second-order valence-corrected chi connectivity index (χ2v) is 6.22. The predicted molar refractivity (Wildman–Crippen MR) is 83.6 cm³/mol. The van der Waals surface area contributed by atoms with Crippen LogP contribution in [0.1, 0.15) is 31.2 Å². The van der Waals surface area contributed by atoms with E-state index in [1.807, 2.05) is 0 Å². The highest BCUT2D eigenvalue weighted by atomic mass is 16.3. The summed E-state index contributed by atoms with van der Waals surface area (Å²) >= 11 is 0. The number of benzene rings is 1. The average Bonchev–Trinajstić information content (AvgIpc) is 2.86. The molecule has 0 bridgehead atoms. The van der Waals surface area contributed by atoms with E-state index in [2.05, 4.69) is 42.3 Å². The summed E-state index contributed by atoms with van der Waals surface area (Å²) in [5.74, 6) is 0.381. The number of hydrogen-bond donors (Lipinski definition) is 2. The molecule has 0 aromatic heterocycles. The van der Waals surface area contributed by atoms with Gasteiger partial charge in [0.15, 0.2) is 0 Å². The fraction of sp³-hybridized carbons (Fsp3) is 0.647. The van der Waals surface area contributed by atoms with Crippen molar-refractivity contribution < 1.29 is 5.11 Å². The van der Waals surface area contributed by atoms with Crippen LogP contribution in [0.5, 0.6) is 0 Å². The van der Waals surface area contributed by atoms with Crippen molar-refractivity contribution in [3.8, 4) is 0 Å². The molecule has 1 aliphatic rings. The molecule has 3 heteroatoms. The van der Waals surface area contributed by atoms with Gasteiger partial charge in [-0.25, -0.2) is 0 Å². The van der Waals surface area contributed by atoms with Gasteiger partial charge in [0.2, 0.25) is 0 Å².